The summed E-state index contributed by atoms with van der Waals surface area (Å²) in [6, 6.07) is 16.6. The first-order chi connectivity index (χ1) is 14.1. The third-order valence-corrected chi connectivity index (χ3v) is 6.18. The normalized spacial score (nSPS) is 18.0. The lowest BCUT2D eigenvalue weighted by atomic mass is 9.79. The van der Waals surface area contributed by atoms with E-state index in [-0.39, 0.29) is 11.5 Å². The monoisotopic (exact) mass is 394 g/mol. The summed E-state index contributed by atoms with van der Waals surface area (Å²) in [4.78, 5) is 16.9. The van der Waals surface area contributed by atoms with Crippen molar-refractivity contribution in [3.05, 3.63) is 65.2 Å². The molecule has 2 heterocycles. The third kappa shape index (κ3) is 4.31. The van der Waals surface area contributed by atoms with E-state index in [2.05, 4.69) is 29.2 Å². The van der Waals surface area contributed by atoms with Gasteiger partial charge in [0, 0.05) is 19.6 Å². The Morgan fingerprint density at radius 2 is 1.93 bits per heavy atom. The first kappa shape index (κ1) is 19.9. The molecule has 1 fully saturated rings. The van der Waals surface area contributed by atoms with Gasteiger partial charge in [-0.25, -0.2) is 0 Å². The number of likely N-dealkylation sites (N-methyl/N-ethyl adjacent to an activating group) is 1. The molecule has 5 nitrogen and oxygen atoms in total. The minimum atomic E-state index is -0.257. The summed E-state index contributed by atoms with van der Waals surface area (Å²) >= 11 is 0. The van der Waals surface area contributed by atoms with Crippen LogP contribution in [-0.4, -0.2) is 56.1 Å². The summed E-state index contributed by atoms with van der Waals surface area (Å²) in [5.41, 5.74) is 3.56. The maximum absolute atomic E-state index is 12.8. The number of hydrogen-bond donors (Lipinski definition) is 0. The minimum Gasteiger partial charge on any atom is -0.497 e. The van der Waals surface area contributed by atoms with Crippen molar-refractivity contribution in [2.24, 2.45) is 0 Å². The molecule has 4 rings (SSSR count). The summed E-state index contributed by atoms with van der Waals surface area (Å²) < 4.78 is 11.7. The zero-order valence-corrected chi connectivity index (χ0v) is 17.4. The van der Waals surface area contributed by atoms with Crippen molar-refractivity contribution in [3.63, 3.8) is 0 Å². The fraction of sp³-hybridized carbons (Fsp3) is 0.458. The summed E-state index contributed by atoms with van der Waals surface area (Å²) in [5.74, 6) is 1.10. The van der Waals surface area contributed by atoms with Crippen LogP contribution in [0.25, 0.3) is 0 Å². The Kier molecular flexibility index (Phi) is 5.88. The first-order valence-electron chi connectivity index (χ1n) is 10.4. The highest BCUT2D eigenvalue weighted by Gasteiger charge is 2.41. The van der Waals surface area contributed by atoms with Crippen LogP contribution >= 0.6 is 0 Å². The van der Waals surface area contributed by atoms with E-state index in [1.165, 1.54) is 16.7 Å². The van der Waals surface area contributed by atoms with E-state index in [0.717, 1.165) is 51.3 Å². The van der Waals surface area contributed by atoms with E-state index < -0.39 is 0 Å². The van der Waals surface area contributed by atoms with E-state index in [9.17, 15) is 4.79 Å². The van der Waals surface area contributed by atoms with Crippen molar-refractivity contribution in [3.8, 4) is 5.75 Å². The minimum absolute atomic E-state index is 0.198. The number of amides is 1. The number of fused-ring (bicyclic) bond motifs is 2. The van der Waals surface area contributed by atoms with Crippen molar-refractivity contribution in [1.82, 2.24) is 9.80 Å². The quantitative estimate of drug-likeness (QED) is 0.781. The molecule has 2 aliphatic heterocycles. The lowest BCUT2D eigenvalue weighted by molar-refractivity contribution is -0.141. The number of hydrogen-bond acceptors (Lipinski definition) is 4. The van der Waals surface area contributed by atoms with Crippen LogP contribution in [0.5, 0.6) is 5.75 Å². The molecule has 0 aromatic heterocycles. The Labute approximate surface area is 173 Å². The predicted molar refractivity (Wildman–Crippen MR) is 113 cm³/mol. The van der Waals surface area contributed by atoms with Gasteiger partial charge in [-0.15, -0.1) is 0 Å². The molecule has 29 heavy (non-hydrogen) atoms. The Morgan fingerprint density at radius 1 is 1.17 bits per heavy atom. The van der Waals surface area contributed by atoms with Crippen LogP contribution < -0.4 is 4.74 Å². The van der Waals surface area contributed by atoms with Crippen LogP contribution in [0.3, 0.4) is 0 Å². The van der Waals surface area contributed by atoms with Gasteiger partial charge in [0.15, 0.2) is 0 Å². The van der Waals surface area contributed by atoms with Gasteiger partial charge in [0.1, 0.15) is 5.75 Å². The van der Waals surface area contributed by atoms with Crippen molar-refractivity contribution in [1.29, 1.82) is 0 Å². The van der Waals surface area contributed by atoms with E-state index in [4.69, 9.17) is 9.47 Å². The molecule has 1 amide bonds. The number of piperidine rings is 1. The molecular weight excluding hydrogens is 364 g/mol. The number of carbonyl (C=O) groups is 1. The summed E-state index contributed by atoms with van der Waals surface area (Å²) in [5, 5.41) is 0. The van der Waals surface area contributed by atoms with E-state index in [0.29, 0.717) is 6.54 Å². The lowest BCUT2D eigenvalue weighted by Crippen LogP contribution is -2.50. The van der Waals surface area contributed by atoms with Crippen LogP contribution in [0.15, 0.2) is 48.5 Å². The first-order valence-corrected chi connectivity index (χ1v) is 10.4. The Bertz CT molecular complexity index is 844. The fourth-order valence-corrected chi connectivity index (χ4v) is 4.60. The van der Waals surface area contributed by atoms with Gasteiger partial charge in [-0.1, -0.05) is 36.4 Å². The van der Waals surface area contributed by atoms with E-state index in [1.807, 2.05) is 36.2 Å². The van der Waals surface area contributed by atoms with Gasteiger partial charge in [0.2, 0.25) is 5.91 Å². The number of methoxy groups -OCH3 is 1. The maximum atomic E-state index is 12.8. The Hall–Kier alpha value is -2.37. The number of likely N-dealkylation sites (tertiary alicyclic amines) is 1. The smallest absolute Gasteiger partial charge is 0.236 e. The molecule has 0 N–H and O–H groups in total. The molecule has 0 unspecified atom stereocenters. The van der Waals surface area contributed by atoms with Crippen LogP contribution in [-0.2, 0) is 28.1 Å². The van der Waals surface area contributed by atoms with Crippen molar-refractivity contribution >= 4 is 5.91 Å². The molecule has 1 spiro atoms. The van der Waals surface area contributed by atoms with Gasteiger partial charge in [0.25, 0.3) is 0 Å². The number of carbonyl (C=O) groups excluding carboxylic acids is 1. The summed E-state index contributed by atoms with van der Waals surface area (Å²) in [6.07, 6.45) is 2.61. The molecule has 0 atom stereocenters. The van der Waals surface area contributed by atoms with Gasteiger partial charge >= 0.3 is 0 Å². The fourth-order valence-electron chi connectivity index (χ4n) is 4.60. The molecule has 0 saturated carbocycles. The third-order valence-electron chi connectivity index (χ3n) is 6.18. The standard InChI is InChI=1S/C24H30N2O3/c1-25(17-19-6-4-3-5-7-19)18-23(27)26-13-11-24(12-14-26)22-9-8-21(28-2)16-20(22)10-15-29-24/h3-9,16H,10-15,17-18H2,1-2H3. The zero-order valence-electron chi connectivity index (χ0n) is 17.4. The van der Waals surface area contributed by atoms with Gasteiger partial charge in [-0.2, -0.15) is 0 Å². The molecule has 2 aromatic carbocycles. The highest BCUT2D eigenvalue weighted by Crippen LogP contribution is 2.42. The molecule has 2 aliphatic rings. The van der Waals surface area contributed by atoms with Crippen molar-refractivity contribution in [2.45, 2.75) is 31.4 Å². The Balaban J connectivity index is 1.36. The summed E-state index contributed by atoms with van der Waals surface area (Å²) in [6.45, 7) is 3.43. The van der Waals surface area contributed by atoms with Crippen LogP contribution in [0.1, 0.15) is 29.5 Å². The largest absolute Gasteiger partial charge is 0.497 e. The van der Waals surface area contributed by atoms with Crippen molar-refractivity contribution < 1.29 is 14.3 Å². The van der Waals surface area contributed by atoms with Gasteiger partial charge in [-0.05, 0) is 55.1 Å². The highest BCUT2D eigenvalue weighted by molar-refractivity contribution is 5.78. The van der Waals surface area contributed by atoms with Gasteiger partial charge < -0.3 is 14.4 Å². The number of ether oxygens (including phenoxy) is 2. The summed E-state index contributed by atoms with van der Waals surface area (Å²) in [7, 11) is 3.71. The zero-order chi connectivity index (χ0) is 20.3. The van der Waals surface area contributed by atoms with Crippen LogP contribution in [0, 0.1) is 0 Å². The SMILES string of the molecule is COc1ccc2c(c1)CCOC21CCN(C(=O)CN(C)Cc2ccccc2)CC1. The van der Waals surface area contributed by atoms with Crippen LogP contribution in [0.2, 0.25) is 0 Å². The van der Waals surface area contributed by atoms with E-state index >= 15 is 0 Å². The maximum Gasteiger partial charge on any atom is 0.236 e. The second-order valence-corrected chi connectivity index (χ2v) is 8.15. The van der Waals surface area contributed by atoms with Crippen LogP contribution in [0.4, 0.5) is 0 Å². The average molecular weight is 395 g/mol. The highest BCUT2D eigenvalue weighted by atomic mass is 16.5. The van der Waals surface area contributed by atoms with E-state index in [1.54, 1.807) is 7.11 Å². The molecule has 0 aliphatic carbocycles. The molecule has 0 bridgehead atoms. The predicted octanol–water partition coefficient (Wildman–Crippen LogP) is 3.22. The molecule has 2 aromatic rings. The topological polar surface area (TPSA) is 42.0 Å². The second-order valence-electron chi connectivity index (χ2n) is 8.15. The second kappa shape index (κ2) is 8.56. The molecule has 154 valence electrons. The molecule has 0 radical (unpaired) electrons. The number of nitrogens with zero attached hydrogens (tertiary/aromatic N) is 2. The number of benzene rings is 2. The lowest BCUT2D eigenvalue weighted by Gasteiger charge is -2.45. The van der Waals surface area contributed by atoms with Gasteiger partial charge in [-0.3, -0.25) is 9.69 Å². The van der Waals surface area contributed by atoms with Crippen molar-refractivity contribution in [2.75, 3.05) is 40.4 Å². The van der Waals surface area contributed by atoms with Gasteiger partial charge in [0.05, 0.1) is 25.9 Å². The number of rotatable bonds is 5. The molecule has 5 heteroatoms. The Morgan fingerprint density at radius 3 is 2.66 bits per heavy atom. The average Bonchev–Trinajstić information content (AvgIpc) is 2.74. The molecular formula is C24H30N2O3. The molecule has 1 saturated heterocycles.